The second-order valence-electron chi connectivity index (χ2n) is 12.7. The molecule has 194 valence electrons. The number of ketones is 1. The fourth-order valence-electron chi connectivity index (χ4n) is 9.09. The zero-order valence-electron chi connectivity index (χ0n) is 21.4. The molecule has 0 bridgehead atoms. The lowest BCUT2D eigenvalue weighted by molar-refractivity contribution is -0.133. The van der Waals surface area contributed by atoms with E-state index in [1.54, 1.807) is 0 Å². The number of aromatic nitrogens is 3. The molecule has 1 aromatic heterocycles. The Labute approximate surface area is 211 Å². The average Bonchev–Trinajstić information content (AvgIpc) is 3.38. The molecule has 0 spiro atoms. The molecule has 2 aromatic rings. The number of Topliss-reactive ketones (excluding diaryl/α,β-unsaturated/α-hetero) is 1. The molecule has 0 saturated heterocycles. The van der Waals surface area contributed by atoms with Gasteiger partial charge in [0.25, 0.3) is 0 Å². The van der Waals surface area contributed by atoms with Gasteiger partial charge in [0, 0.05) is 5.92 Å². The van der Waals surface area contributed by atoms with Crippen LogP contribution in [-0.4, -0.2) is 30.8 Å². The molecule has 4 aliphatic rings. The van der Waals surface area contributed by atoms with Crippen LogP contribution in [0.15, 0.2) is 35.4 Å². The molecule has 4 saturated carbocycles. The number of nitrogens with zero attached hydrogens (tertiary/aromatic N) is 3. The Bertz CT molecular complexity index is 1200. The number of fused-ring (bicyclic) bond motifs is 5. The molecule has 0 aliphatic heterocycles. The Kier molecular flexibility index (Phi) is 5.78. The summed E-state index contributed by atoms with van der Waals surface area (Å²) >= 11 is 0. The van der Waals surface area contributed by atoms with Gasteiger partial charge in [-0.3, -0.25) is 9.36 Å². The number of carbonyl (C=O) groups excluding carboxylic acids is 1. The minimum absolute atomic E-state index is 0.00179. The molecule has 8 atom stereocenters. The van der Waals surface area contributed by atoms with Gasteiger partial charge in [-0.25, -0.2) is 9.18 Å². The lowest BCUT2D eigenvalue weighted by Gasteiger charge is -2.56. The Hall–Kier alpha value is -2.28. The van der Waals surface area contributed by atoms with Gasteiger partial charge in [-0.2, -0.15) is 9.78 Å². The third kappa shape index (κ3) is 3.89. The van der Waals surface area contributed by atoms with Gasteiger partial charge in [-0.15, -0.1) is 0 Å². The maximum atomic E-state index is 13.6. The molecule has 36 heavy (non-hydrogen) atoms. The quantitative estimate of drug-likeness (QED) is 0.663. The first-order chi connectivity index (χ1) is 17.2. The minimum atomic E-state index is -0.495. The van der Waals surface area contributed by atoms with Crippen molar-refractivity contribution >= 4 is 5.78 Å². The second-order valence-corrected chi connectivity index (χ2v) is 12.7. The molecular weight excluding hydrogens is 457 g/mol. The molecule has 7 heteroatoms. The summed E-state index contributed by atoms with van der Waals surface area (Å²) in [5.41, 5.74) is -0.379. The van der Waals surface area contributed by atoms with Crippen molar-refractivity contribution in [3.8, 4) is 5.69 Å². The summed E-state index contributed by atoms with van der Waals surface area (Å²) in [4.78, 5) is 26.5. The van der Waals surface area contributed by atoms with Gasteiger partial charge in [-0.05, 0) is 124 Å². The van der Waals surface area contributed by atoms with Crippen LogP contribution in [0.5, 0.6) is 0 Å². The van der Waals surface area contributed by atoms with E-state index in [1.165, 1.54) is 59.1 Å². The third-order valence-electron chi connectivity index (χ3n) is 10.8. The molecule has 1 N–H and O–H groups in total. The number of benzene rings is 1. The average molecular weight is 496 g/mol. The first-order valence-electron chi connectivity index (χ1n) is 13.8. The van der Waals surface area contributed by atoms with Crippen LogP contribution in [0.2, 0.25) is 0 Å². The van der Waals surface area contributed by atoms with Crippen molar-refractivity contribution in [3.05, 3.63) is 46.9 Å². The molecule has 0 radical (unpaired) electrons. The van der Waals surface area contributed by atoms with Crippen molar-refractivity contribution in [1.82, 2.24) is 14.3 Å². The fourth-order valence-corrected chi connectivity index (χ4v) is 9.09. The lowest BCUT2D eigenvalue weighted by atomic mass is 9.49. The lowest BCUT2D eigenvalue weighted by Crippen LogP contribution is -2.51. The predicted octanol–water partition coefficient (Wildman–Crippen LogP) is 4.76. The predicted molar refractivity (Wildman–Crippen MR) is 134 cm³/mol. The van der Waals surface area contributed by atoms with Crippen molar-refractivity contribution in [2.45, 2.75) is 83.8 Å². The summed E-state index contributed by atoms with van der Waals surface area (Å²) in [6.07, 6.45) is 11.2. The second kappa shape index (κ2) is 8.64. The highest BCUT2D eigenvalue weighted by Gasteiger charge is 2.58. The molecule has 4 aliphatic carbocycles. The first-order valence-corrected chi connectivity index (χ1v) is 13.8. The van der Waals surface area contributed by atoms with Crippen LogP contribution in [0.3, 0.4) is 0 Å². The highest BCUT2D eigenvalue weighted by Crippen LogP contribution is 2.64. The summed E-state index contributed by atoms with van der Waals surface area (Å²) in [5, 5.41) is 14.8. The largest absolute Gasteiger partial charge is 0.390 e. The molecule has 4 fully saturated rings. The summed E-state index contributed by atoms with van der Waals surface area (Å²) in [6, 6.07) is 5.62. The van der Waals surface area contributed by atoms with Crippen molar-refractivity contribution in [2.24, 2.45) is 40.9 Å². The number of carbonyl (C=O) groups is 1. The van der Waals surface area contributed by atoms with Crippen molar-refractivity contribution in [3.63, 3.8) is 0 Å². The molecule has 6 nitrogen and oxygen atoms in total. The van der Waals surface area contributed by atoms with Gasteiger partial charge in [0.15, 0.2) is 5.78 Å². The van der Waals surface area contributed by atoms with E-state index in [-0.39, 0.29) is 35.2 Å². The molecule has 0 amide bonds. The maximum Gasteiger partial charge on any atom is 0.350 e. The van der Waals surface area contributed by atoms with Crippen LogP contribution in [0.25, 0.3) is 5.69 Å². The Morgan fingerprint density at radius 3 is 2.56 bits per heavy atom. The standard InChI is InChI=1S/C29H38FN3O3/c1-28(36)13-11-21-18(15-28)3-8-23-22(21)12-14-29(2)24(23)9-10-25(29)26(34)16-32-17-31-33(27(32)35)20-6-4-19(30)5-7-20/h4-7,17-18,21-25,36H,3,8-16H2,1-2H3/t18-,21+,22-,23-,24+,25-,28-,29+/m1/s1. The number of halogens is 1. The summed E-state index contributed by atoms with van der Waals surface area (Å²) in [6.45, 7) is 4.39. The van der Waals surface area contributed by atoms with Crippen LogP contribution >= 0.6 is 0 Å². The van der Waals surface area contributed by atoms with Gasteiger partial charge in [0.1, 0.15) is 12.1 Å². The van der Waals surface area contributed by atoms with Gasteiger partial charge in [-0.1, -0.05) is 6.92 Å². The monoisotopic (exact) mass is 495 g/mol. The zero-order valence-corrected chi connectivity index (χ0v) is 21.4. The summed E-state index contributed by atoms with van der Waals surface area (Å²) in [7, 11) is 0. The minimum Gasteiger partial charge on any atom is -0.390 e. The molecule has 1 heterocycles. The van der Waals surface area contributed by atoms with Crippen LogP contribution in [0.4, 0.5) is 4.39 Å². The maximum absolute atomic E-state index is 13.6. The van der Waals surface area contributed by atoms with E-state index in [4.69, 9.17) is 0 Å². The highest BCUT2D eigenvalue weighted by atomic mass is 19.1. The molecule has 6 rings (SSSR count). The Morgan fingerprint density at radius 1 is 1.03 bits per heavy atom. The van der Waals surface area contributed by atoms with Gasteiger partial charge in [0.2, 0.25) is 0 Å². The molecule has 0 unspecified atom stereocenters. The van der Waals surface area contributed by atoms with E-state index in [0.717, 1.165) is 50.4 Å². The van der Waals surface area contributed by atoms with Crippen LogP contribution < -0.4 is 5.69 Å². The topological polar surface area (TPSA) is 77.1 Å². The van der Waals surface area contributed by atoms with E-state index in [0.29, 0.717) is 23.4 Å². The van der Waals surface area contributed by atoms with Crippen LogP contribution in [0.1, 0.15) is 71.6 Å². The van der Waals surface area contributed by atoms with E-state index < -0.39 is 5.60 Å². The fraction of sp³-hybridized carbons (Fsp3) is 0.690. The van der Waals surface area contributed by atoms with E-state index in [9.17, 15) is 19.1 Å². The van der Waals surface area contributed by atoms with E-state index in [2.05, 4.69) is 12.0 Å². The smallest absolute Gasteiger partial charge is 0.350 e. The van der Waals surface area contributed by atoms with Crippen LogP contribution in [0, 0.1) is 46.7 Å². The summed E-state index contributed by atoms with van der Waals surface area (Å²) in [5.74, 6) is 3.15. The van der Waals surface area contributed by atoms with Gasteiger partial charge >= 0.3 is 5.69 Å². The van der Waals surface area contributed by atoms with E-state index >= 15 is 0 Å². The van der Waals surface area contributed by atoms with Crippen molar-refractivity contribution in [2.75, 3.05) is 0 Å². The number of aliphatic hydroxyl groups is 1. The van der Waals surface area contributed by atoms with Gasteiger partial charge in [0.05, 0.1) is 17.8 Å². The SMILES string of the molecule is C[C@@]1(O)CC[C@H]2[C@H](CC[C@@H]3[C@@H]2CC[C@]2(C)[C@@H](C(=O)Cn4cnn(-c5ccc(F)cc5)c4=O)CC[C@@H]32)C1. The Morgan fingerprint density at radius 2 is 1.78 bits per heavy atom. The zero-order chi connectivity index (χ0) is 25.2. The highest BCUT2D eigenvalue weighted by molar-refractivity contribution is 5.82. The summed E-state index contributed by atoms with van der Waals surface area (Å²) < 4.78 is 15.9. The molecular formula is C29H38FN3O3. The number of hydrogen-bond donors (Lipinski definition) is 1. The molecule has 1 aromatic carbocycles. The Balaban J connectivity index is 1.17. The number of hydrogen-bond acceptors (Lipinski definition) is 4. The normalized spacial score (nSPS) is 39.8. The first kappa shape index (κ1) is 24.1. The van der Waals surface area contributed by atoms with Crippen molar-refractivity contribution in [1.29, 1.82) is 0 Å². The number of rotatable bonds is 4. The van der Waals surface area contributed by atoms with Gasteiger partial charge < -0.3 is 5.11 Å². The third-order valence-corrected chi connectivity index (χ3v) is 10.8. The van der Waals surface area contributed by atoms with Crippen LogP contribution in [-0.2, 0) is 11.3 Å². The van der Waals surface area contributed by atoms with Crippen molar-refractivity contribution < 1.29 is 14.3 Å². The van der Waals surface area contributed by atoms with E-state index in [1.807, 2.05) is 6.92 Å².